The van der Waals surface area contributed by atoms with E-state index in [1.54, 1.807) is 6.92 Å². The zero-order chi connectivity index (χ0) is 21.7. The monoisotopic (exact) mass is 438 g/mol. The van der Waals surface area contributed by atoms with E-state index in [0.717, 1.165) is 24.3 Å². The van der Waals surface area contributed by atoms with Gasteiger partial charge in [0.15, 0.2) is 0 Å². The maximum absolute atomic E-state index is 12.7. The summed E-state index contributed by atoms with van der Waals surface area (Å²) in [7, 11) is -3.93. The van der Waals surface area contributed by atoms with Crippen LogP contribution >= 0.6 is 0 Å². The van der Waals surface area contributed by atoms with Crippen LogP contribution in [-0.2, 0) is 30.5 Å². The largest absolute Gasteiger partial charge is 0.416 e. The minimum absolute atomic E-state index is 0.0563. The number of alkyl halides is 3. The molecule has 1 aromatic rings. The van der Waals surface area contributed by atoms with Gasteiger partial charge in [-0.05, 0) is 38.1 Å². The highest BCUT2D eigenvalue weighted by molar-refractivity contribution is 7.89. The molecule has 0 aromatic heterocycles. The van der Waals surface area contributed by atoms with Gasteiger partial charge in [-0.3, -0.25) is 4.79 Å². The van der Waals surface area contributed by atoms with Crippen LogP contribution in [0.25, 0.3) is 0 Å². The molecule has 0 bridgehead atoms. The average molecular weight is 438 g/mol. The predicted molar refractivity (Wildman–Crippen MR) is 98.7 cm³/mol. The van der Waals surface area contributed by atoms with Crippen LogP contribution in [0.5, 0.6) is 0 Å². The van der Waals surface area contributed by atoms with Crippen LogP contribution < -0.4 is 0 Å². The number of piperazine rings is 1. The number of halogens is 3. The number of benzene rings is 1. The summed E-state index contributed by atoms with van der Waals surface area (Å²) in [6.45, 7) is 5.17. The third-order valence-corrected chi connectivity index (χ3v) is 6.43. The number of nitrogens with zero attached hydrogens (tertiary/aromatic N) is 2. The fraction of sp³-hybridized carbons (Fsp3) is 0.611. The van der Waals surface area contributed by atoms with Crippen molar-refractivity contribution in [3.8, 4) is 0 Å². The van der Waals surface area contributed by atoms with E-state index in [1.807, 2.05) is 6.92 Å². The van der Waals surface area contributed by atoms with Gasteiger partial charge in [0.1, 0.15) is 6.10 Å². The van der Waals surface area contributed by atoms with Gasteiger partial charge in [0.2, 0.25) is 10.0 Å². The lowest BCUT2D eigenvalue weighted by molar-refractivity contribution is -0.144. The van der Waals surface area contributed by atoms with E-state index in [0.29, 0.717) is 13.2 Å². The summed E-state index contributed by atoms with van der Waals surface area (Å²) in [6, 6.07) is 3.38. The van der Waals surface area contributed by atoms with Crippen molar-refractivity contribution in [2.24, 2.45) is 0 Å². The number of hydrogen-bond acceptors (Lipinski definition) is 5. The van der Waals surface area contributed by atoms with Crippen molar-refractivity contribution in [3.05, 3.63) is 29.8 Å². The van der Waals surface area contributed by atoms with Crippen molar-refractivity contribution in [3.63, 3.8) is 0 Å². The van der Waals surface area contributed by atoms with Crippen LogP contribution in [0.4, 0.5) is 13.2 Å². The molecular weight excluding hydrogens is 413 g/mol. The minimum Gasteiger partial charge on any atom is -0.379 e. The van der Waals surface area contributed by atoms with Crippen LogP contribution in [0, 0.1) is 0 Å². The van der Waals surface area contributed by atoms with Gasteiger partial charge in [-0.15, -0.1) is 0 Å². The molecule has 0 radical (unpaired) electrons. The lowest BCUT2D eigenvalue weighted by Gasteiger charge is -2.35. The molecule has 7 nitrogen and oxygen atoms in total. The summed E-state index contributed by atoms with van der Waals surface area (Å²) in [4.78, 5) is 13.7. The third-order valence-electron chi connectivity index (χ3n) is 4.52. The first-order chi connectivity index (χ1) is 13.6. The molecule has 2 rings (SSSR count). The number of hydrogen-bond donors (Lipinski definition) is 0. The van der Waals surface area contributed by atoms with Gasteiger partial charge < -0.3 is 14.4 Å². The SMILES string of the molecule is CCOCCOC(C)C(=O)N1CCN(S(=O)(=O)c2ccc(C(F)(F)F)cc2)CC1. The first-order valence-electron chi connectivity index (χ1n) is 9.23. The van der Waals surface area contributed by atoms with E-state index >= 15 is 0 Å². The lowest BCUT2D eigenvalue weighted by Crippen LogP contribution is -2.52. The van der Waals surface area contributed by atoms with Gasteiger partial charge in [-0.1, -0.05) is 0 Å². The van der Waals surface area contributed by atoms with Crippen molar-refractivity contribution in [2.45, 2.75) is 31.0 Å². The normalized spacial score (nSPS) is 17.3. The van der Waals surface area contributed by atoms with Gasteiger partial charge in [0, 0.05) is 32.8 Å². The van der Waals surface area contributed by atoms with Gasteiger partial charge in [-0.25, -0.2) is 8.42 Å². The molecule has 1 fully saturated rings. The van der Waals surface area contributed by atoms with Crippen LogP contribution in [0.2, 0.25) is 0 Å². The van der Waals surface area contributed by atoms with Crippen molar-refractivity contribution >= 4 is 15.9 Å². The van der Waals surface area contributed by atoms with Crippen LogP contribution in [-0.4, -0.2) is 75.6 Å². The van der Waals surface area contributed by atoms with Crippen molar-refractivity contribution < 1.29 is 35.9 Å². The van der Waals surface area contributed by atoms with Crippen LogP contribution in [0.3, 0.4) is 0 Å². The Bertz CT molecular complexity index is 776. The molecule has 1 aromatic carbocycles. The number of carbonyl (C=O) groups excluding carboxylic acids is 1. The summed E-state index contributed by atoms with van der Waals surface area (Å²) in [5, 5.41) is 0. The van der Waals surface area contributed by atoms with Crippen molar-refractivity contribution in [2.75, 3.05) is 46.0 Å². The van der Waals surface area contributed by atoms with E-state index in [-0.39, 0.29) is 43.6 Å². The molecule has 1 aliphatic heterocycles. The van der Waals surface area contributed by atoms with Gasteiger partial charge in [0.25, 0.3) is 5.91 Å². The minimum atomic E-state index is -4.53. The maximum Gasteiger partial charge on any atom is 0.416 e. The van der Waals surface area contributed by atoms with Gasteiger partial charge in [0.05, 0.1) is 23.7 Å². The summed E-state index contributed by atoms with van der Waals surface area (Å²) < 4.78 is 75.0. The Kier molecular flexibility index (Phi) is 8.03. The van der Waals surface area contributed by atoms with E-state index in [1.165, 1.54) is 9.21 Å². The van der Waals surface area contributed by atoms with Crippen LogP contribution in [0.15, 0.2) is 29.2 Å². The molecule has 1 aliphatic rings. The third kappa shape index (κ3) is 6.14. The average Bonchev–Trinajstić information content (AvgIpc) is 2.70. The molecule has 1 heterocycles. The van der Waals surface area contributed by atoms with Crippen molar-refractivity contribution in [1.82, 2.24) is 9.21 Å². The highest BCUT2D eigenvalue weighted by atomic mass is 32.2. The topological polar surface area (TPSA) is 76.2 Å². The molecule has 0 saturated carbocycles. The molecule has 0 aliphatic carbocycles. The first-order valence-corrected chi connectivity index (χ1v) is 10.7. The number of amides is 1. The summed E-state index contributed by atoms with van der Waals surface area (Å²) >= 11 is 0. The second kappa shape index (κ2) is 9.88. The highest BCUT2D eigenvalue weighted by Crippen LogP contribution is 2.30. The van der Waals surface area contributed by atoms with E-state index < -0.39 is 27.9 Å². The standard InChI is InChI=1S/C18H25F3N2O5S/c1-3-27-12-13-28-14(2)17(24)22-8-10-23(11-9-22)29(25,26)16-6-4-15(5-7-16)18(19,20)21/h4-7,14H,3,8-13H2,1-2H3. The molecule has 1 saturated heterocycles. The van der Waals surface area contributed by atoms with Crippen molar-refractivity contribution in [1.29, 1.82) is 0 Å². The lowest BCUT2D eigenvalue weighted by atomic mass is 10.2. The van der Waals surface area contributed by atoms with E-state index in [2.05, 4.69) is 0 Å². The van der Waals surface area contributed by atoms with Gasteiger partial charge >= 0.3 is 6.18 Å². The summed E-state index contributed by atoms with van der Waals surface area (Å²) in [5.74, 6) is -0.243. The molecular formula is C18H25F3N2O5S. The number of sulfonamides is 1. The Morgan fingerprint density at radius 2 is 1.69 bits per heavy atom. The Morgan fingerprint density at radius 3 is 2.21 bits per heavy atom. The molecule has 11 heteroatoms. The molecule has 1 unspecified atom stereocenters. The maximum atomic E-state index is 12.7. The second-order valence-corrected chi connectivity index (χ2v) is 8.40. The zero-order valence-electron chi connectivity index (χ0n) is 16.3. The number of rotatable bonds is 8. The molecule has 1 atom stereocenters. The zero-order valence-corrected chi connectivity index (χ0v) is 17.1. The Hall–Kier alpha value is -1.69. The molecule has 164 valence electrons. The molecule has 0 spiro atoms. The molecule has 29 heavy (non-hydrogen) atoms. The predicted octanol–water partition coefficient (Wildman–Crippen LogP) is 1.98. The van der Waals surface area contributed by atoms with Crippen LogP contribution in [0.1, 0.15) is 19.4 Å². The quantitative estimate of drug-likeness (QED) is 0.580. The Balaban J connectivity index is 1.93. The Labute approximate surface area is 168 Å². The number of carbonyl (C=O) groups is 1. The fourth-order valence-corrected chi connectivity index (χ4v) is 4.29. The van der Waals surface area contributed by atoms with Gasteiger partial charge in [-0.2, -0.15) is 17.5 Å². The fourth-order valence-electron chi connectivity index (χ4n) is 2.87. The van der Waals surface area contributed by atoms with E-state index in [9.17, 15) is 26.4 Å². The Morgan fingerprint density at radius 1 is 1.10 bits per heavy atom. The number of ether oxygens (including phenoxy) is 2. The highest BCUT2D eigenvalue weighted by Gasteiger charge is 2.33. The second-order valence-electron chi connectivity index (χ2n) is 6.46. The molecule has 0 N–H and O–H groups in total. The van der Waals surface area contributed by atoms with E-state index in [4.69, 9.17) is 9.47 Å². The summed E-state index contributed by atoms with van der Waals surface area (Å²) in [5.41, 5.74) is -0.912. The first kappa shape index (κ1) is 23.6. The molecule has 1 amide bonds. The summed E-state index contributed by atoms with van der Waals surface area (Å²) in [6.07, 6.45) is -5.20. The smallest absolute Gasteiger partial charge is 0.379 e.